The first kappa shape index (κ1) is 16.7. The molecule has 25 heavy (non-hydrogen) atoms. The number of phenols is 1. The normalized spacial score (nSPS) is 36.1. The molecule has 6 atom stereocenters. The fourth-order valence-electron chi connectivity index (χ4n) is 5.81. The lowest BCUT2D eigenvalue weighted by Crippen LogP contribution is -2.40. The summed E-state index contributed by atoms with van der Waals surface area (Å²) in [5, 5.41) is 23.1. The Kier molecular flexibility index (Phi) is 4.36. The van der Waals surface area contributed by atoms with E-state index in [0.717, 1.165) is 37.7 Å². The van der Waals surface area contributed by atoms with E-state index in [1.165, 1.54) is 12.7 Å². The van der Waals surface area contributed by atoms with E-state index in [9.17, 15) is 15.0 Å². The lowest BCUT2D eigenvalue weighted by Gasteiger charge is -2.47. The van der Waals surface area contributed by atoms with Gasteiger partial charge >= 0.3 is 6.09 Å². The van der Waals surface area contributed by atoms with E-state index < -0.39 is 6.09 Å². The lowest BCUT2D eigenvalue weighted by molar-refractivity contribution is 0.0528. The predicted molar refractivity (Wildman–Crippen MR) is 93.6 cm³/mol. The van der Waals surface area contributed by atoms with Crippen LogP contribution in [0.4, 0.5) is 4.79 Å². The first-order chi connectivity index (χ1) is 12.1. The number of amides is 1. The van der Waals surface area contributed by atoms with Gasteiger partial charge in [0.2, 0.25) is 0 Å². The molecule has 0 saturated heterocycles. The first-order valence-corrected chi connectivity index (χ1v) is 9.41. The molecule has 0 aliphatic heterocycles. The number of carbonyl (C=O) groups is 1. The summed E-state index contributed by atoms with van der Waals surface area (Å²) in [5.41, 5.74) is 2.49. The van der Waals surface area contributed by atoms with Crippen molar-refractivity contribution in [2.75, 3.05) is 13.7 Å². The van der Waals surface area contributed by atoms with Crippen molar-refractivity contribution < 1.29 is 19.7 Å². The molecule has 1 amide bonds. The number of alkyl carbamates (subject to hydrolysis) is 1. The zero-order valence-electron chi connectivity index (χ0n) is 14.6. The number of fused-ring (bicyclic) bond motifs is 5. The zero-order chi connectivity index (χ0) is 17.6. The van der Waals surface area contributed by atoms with Gasteiger partial charge < -0.3 is 20.3 Å². The van der Waals surface area contributed by atoms with E-state index in [1.54, 1.807) is 6.07 Å². The van der Waals surface area contributed by atoms with Crippen LogP contribution in [0.5, 0.6) is 5.75 Å². The summed E-state index contributed by atoms with van der Waals surface area (Å²) in [6.07, 6.45) is 4.68. The van der Waals surface area contributed by atoms with Crippen molar-refractivity contribution in [1.82, 2.24) is 5.32 Å². The Morgan fingerprint density at radius 1 is 1.16 bits per heavy atom. The van der Waals surface area contributed by atoms with Gasteiger partial charge in [-0.25, -0.2) is 4.79 Å². The number of aromatic hydroxyl groups is 1. The SMILES string of the molecule is COC(=O)NCC1CC2[C@@H]3CCC(O)C3CC[C@@H]2c2ccc(O)cc21. The van der Waals surface area contributed by atoms with Crippen LogP contribution < -0.4 is 5.32 Å². The number of hydrogen-bond donors (Lipinski definition) is 3. The summed E-state index contributed by atoms with van der Waals surface area (Å²) in [4.78, 5) is 11.5. The van der Waals surface area contributed by atoms with Crippen molar-refractivity contribution in [3.8, 4) is 5.75 Å². The van der Waals surface area contributed by atoms with Gasteiger partial charge in [0.15, 0.2) is 0 Å². The molecule has 2 saturated carbocycles. The van der Waals surface area contributed by atoms with Crippen LogP contribution in [0.15, 0.2) is 18.2 Å². The topological polar surface area (TPSA) is 78.8 Å². The van der Waals surface area contributed by atoms with Gasteiger partial charge in [0.25, 0.3) is 0 Å². The molecule has 136 valence electrons. The van der Waals surface area contributed by atoms with E-state index in [0.29, 0.717) is 30.2 Å². The van der Waals surface area contributed by atoms with E-state index in [-0.39, 0.29) is 17.8 Å². The first-order valence-electron chi connectivity index (χ1n) is 9.41. The number of carbonyl (C=O) groups excluding carboxylic acids is 1. The van der Waals surface area contributed by atoms with Gasteiger partial charge in [0.05, 0.1) is 13.2 Å². The maximum atomic E-state index is 11.5. The number of aliphatic hydroxyl groups is 1. The summed E-state index contributed by atoms with van der Waals surface area (Å²) in [5.74, 6) is 2.54. The third-order valence-electron chi connectivity index (χ3n) is 6.86. The van der Waals surface area contributed by atoms with Crippen LogP contribution in [-0.2, 0) is 4.74 Å². The monoisotopic (exact) mass is 345 g/mol. The molecule has 0 bridgehead atoms. The molecule has 3 aliphatic carbocycles. The Morgan fingerprint density at radius 3 is 2.76 bits per heavy atom. The van der Waals surface area contributed by atoms with Crippen LogP contribution in [-0.4, -0.2) is 36.1 Å². The van der Waals surface area contributed by atoms with E-state index in [1.807, 2.05) is 6.07 Å². The fourth-order valence-corrected chi connectivity index (χ4v) is 5.81. The van der Waals surface area contributed by atoms with Crippen molar-refractivity contribution in [1.29, 1.82) is 0 Å². The average molecular weight is 345 g/mol. The molecule has 5 nitrogen and oxygen atoms in total. The molecule has 0 aromatic heterocycles. The third-order valence-corrected chi connectivity index (χ3v) is 6.86. The molecular formula is C20H27NO4. The summed E-state index contributed by atoms with van der Waals surface area (Å²) < 4.78 is 4.71. The van der Waals surface area contributed by atoms with Crippen LogP contribution in [0, 0.1) is 17.8 Å². The van der Waals surface area contributed by atoms with Crippen LogP contribution in [0.1, 0.15) is 55.1 Å². The molecule has 4 rings (SSSR count). The van der Waals surface area contributed by atoms with Crippen LogP contribution in [0.2, 0.25) is 0 Å². The molecule has 3 N–H and O–H groups in total. The van der Waals surface area contributed by atoms with Gasteiger partial charge in [-0.05, 0) is 79.0 Å². The summed E-state index contributed by atoms with van der Waals surface area (Å²) >= 11 is 0. The number of rotatable bonds is 2. The third kappa shape index (κ3) is 2.88. The molecule has 0 heterocycles. The Bertz CT molecular complexity index is 661. The summed E-state index contributed by atoms with van der Waals surface area (Å²) in [6.45, 7) is 0.520. The Labute approximate surface area is 148 Å². The van der Waals surface area contributed by atoms with Crippen molar-refractivity contribution in [3.05, 3.63) is 29.3 Å². The highest BCUT2D eigenvalue weighted by molar-refractivity contribution is 5.67. The second-order valence-corrected chi connectivity index (χ2v) is 7.94. The Hall–Kier alpha value is -1.75. The Balaban J connectivity index is 1.64. The molecule has 0 spiro atoms. The van der Waals surface area contributed by atoms with Gasteiger partial charge in [-0.3, -0.25) is 0 Å². The molecule has 0 radical (unpaired) electrons. The van der Waals surface area contributed by atoms with Crippen molar-refractivity contribution in [3.63, 3.8) is 0 Å². The number of methoxy groups -OCH3 is 1. The standard InChI is InChI=1S/C20H27NO4/c1-25-20(24)21-10-11-8-18-14(13-3-2-12(22)9-17(11)13)4-5-16-15(18)6-7-19(16)23/h2-3,9,11,14-16,18-19,22-23H,4-8,10H2,1H3,(H,21,24)/t11?,14-,15-,16?,18?,19?/m1/s1. The lowest BCUT2D eigenvalue weighted by atomic mass is 9.58. The second-order valence-electron chi connectivity index (χ2n) is 7.94. The molecular weight excluding hydrogens is 318 g/mol. The van der Waals surface area contributed by atoms with Gasteiger partial charge in [-0.2, -0.15) is 0 Å². The quantitative estimate of drug-likeness (QED) is 0.769. The number of hydrogen-bond acceptors (Lipinski definition) is 4. The summed E-state index contributed by atoms with van der Waals surface area (Å²) in [7, 11) is 1.37. The highest BCUT2D eigenvalue weighted by Crippen LogP contribution is 2.57. The maximum Gasteiger partial charge on any atom is 0.406 e. The van der Waals surface area contributed by atoms with Crippen molar-refractivity contribution in [2.45, 2.75) is 50.0 Å². The predicted octanol–water partition coefficient (Wildman–Crippen LogP) is 3.12. The zero-order valence-corrected chi connectivity index (χ0v) is 14.6. The second kappa shape index (κ2) is 6.52. The molecule has 5 heteroatoms. The van der Waals surface area contributed by atoms with Gasteiger partial charge in [0, 0.05) is 12.5 Å². The maximum absolute atomic E-state index is 11.5. The highest BCUT2D eigenvalue weighted by atomic mass is 16.5. The number of ether oxygens (including phenoxy) is 1. The molecule has 2 fully saturated rings. The van der Waals surface area contributed by atoms with E-state index in [2.05, 4.69) is 11.4 Å². The van der Waals surface area contributed by atoms with Crippen LogP contribution >= 0.6 is 0 Å². The number of benzene rings is 1. The van der Waals surface area contributed by atoms with Crippen LogP contribution in [0.3, 0.4) is 0 Å². The number of aliphatic hydroxyl groups excluding tert-OH is 1. The van der Waals surface area contributed by atoms with Crippen molar-refractivity contribution in [2.24, 2.45) is 17.8 Å². The molecule has 3 aliphatic rings. The smallest absolute Gasteiger partial charge is 0.406 e. The molecule has 1 aromatic carbocycles. The summed E-state index contributed by atoms with van der Waals surface area (Å²) in [6, 6.07) is 5.71. The highest BCUT2D eigenvalue weighted by Gasteiger charge is 2.49. The van der Waals surface area contributed by atoms with Gasteiger partial charge in [0.1, 0.15) is 5.75 Å². The minimum atomic E-state index is -0.415. The fraction of sp³-hybridized carbons (Fsp3) is 0.650. The molecule has 1 aromatic rings. The minimum absolute atomic E-state index is 0.140. The van der Waals surface area contributed by atoms with Gasteiger partial charge in [-0.15, -0.1) is 0 Å². The molecule has 4 unspecified atom stereocenters. The van der Waals surface area contributed by atoms with E-state index >= 15 is 0 Å². The number of nitrogens with one attached hydrogen (secondary N) is 1. The van der Waals surface area contributed by atoms with E-state index in [4.69, 9.17) is 4.74 Å². The minimum Gasteiger partial charge on any atom is -0.508 e. The van der Waals surface area contributed by atoms with Crippen molar-refractivity contribution >= 4 is 6.09 Å². The Morgan fingerprint density at radius 2 is 1.96 bits per heavy atom. The van der Waals surface area contributed by atoms with Crippen LogP contribution in [0.25, 0.3) is 0 Å². The average Bonchev–Trinajstić information content (AvgIpc) is 3.00. The van der Waals surface area contributed by atoms with Gasteiger partial charge in [-0.1, -0.05) is 6.07 Å². The number of phenolic OH excluding ortho intramolecular Hbond substituents is 1. The largest absolute Gasteiger partial charge is 0.508 e.